The number of amides is 1. The second-order valence-corrected chi connectivity index (χ2v) is 8.34. The first-order chi connectivity index (χ1) is 13.3. The number of methoxy groups -OCH3 is 1. The van der Waals surface area contributed by atoms with E-state index in [1.54, 1.807) is 40.0 Å². The van der Waals surface area contributed by atoms with Crippen molar-refractivity contribution in [2.45, 2.75) is 38.5 Å². The summed E-state index contributed by atoms with van der Waals surface area (Å²) in [5.74, 6) is 0.569. The average molecular weight is 405 g/mol. The smallest absolute Gasteiger partial charge is 0.243 e. The number of rotatable bonds is 9. The van der Waals surface area contributed by atoms with Crippen molar-refractivity contribution in [1.29, 1.82) is 0 Å². The van der Waals surface area contributed by atoms with E-state index >= 15 is 0 Å². The number of sulfonamides is 1. The summed E-state index contributed by atoms with van der Waals surface area (Å²) in [6.07, 6.45) is 0.804. The summed E-state index contributed by atoms with van der Waals surface area (Å²) in [5, 5.41) is 2.80. The van der Waals surface area contributed by atoms with Crippen LogP contribution in [0.1, 0.15) is 31.4 Å². The fourth-order valence-electron chi connectivity index (χ4n) is 3.04. The van der Waals surface area contributed by atoms with Gasteiger partial charge in [0.25, 0.3) is 0 Å². The summed E-state index contributed by atoms with van der Waals surface area (Å²) in [4.78, 5) is 12.6. The van der Waals surface area contributed by atoms with Gasteiger partial charge < -0.3 is 10.1 Å². The van der Waals surface area contributed by atoms with Crippen molar-refractivity contribution in [1.82, 2.24) is 4.31 Å². The Bertz CT molecular complexity index is 922. The van der Waals surface area contributed by atoms with Crippen molar-refractivity contribution in [3.8, 4) is 5.75 Å². The van der Waals surface area contributed by atoms with Gasteiger partial charge in [0, 0.05) is 25.2 Å². The highest BCUT2D eigenvalue weighted by molar-refractivity contribution is 7.89. The quantitative estimate of drug-likeness (QED) is 0.693. The van der Waals surface area contributed by atoms with Gasteiger partial charge in [-0.3, -0.25) is 4.79 Å². The van der Waals surface area contributed by atoms with Crippen LogP contribution in [-0.4, -0.2) is 38.8 Å². The monoisotopic (exact) mass is 404 g/mol. The number of hydrogen-bond acceptors (Lipinski definition) is 4. The second kappa shape index (κ2) is 9.71. The van der Waals surface area contributed by atoms with Crippen LogP contribution in [0.5, 0.6) is 5.75 Å². The summed E-state index contributed by atoms with van der Waals surface area (Å²) in [7, 11) is -1.99. The Balaban J connectivity index is 2.13. The van der Waals surface area contributed by atoms with Gasteiger partial charge in [-0.2, -0.15) is 4.31 Å². The Morgan fingerprint density at radius 1 is 1.11 bits per heavy atom. The molecule has 0 unspecified atom stereocenters. The van der Waals surface area contributed by atoms with Gasteiger partial charge in [0.05, 0.1) is 12.0 Å². The molecule has 0 aliphatic rings. The fourth-order valence-corrected chi connectivity index (χ4v) is 4.75. The molecule has 0 aromatic heterocycles. The van der Waals surface area contributed by atoms with Crippen LogP contribution in [-0.2, 0) is 21.2 Å². The molecule has 2 aromatic carbocycles. The Hall–Kier alpha value is -2.38. The molecule has 0 aliphatic heterocycles. The second-order valence-electron chi connectivity index (χ2n) is 6.43. The highest BCUT2D eigenvalue weighted by Gasteiger charge is 2.24. The number of anilines is 1. The lowest BCUT2D eigenvalue weighted by molar-refractivity contribution is -0.116. The molecule has 0 saturated carbocycles. The van der Waals surface area contributed by atoms with Crippen LogP contribution in [0.25, 0.3) is 0 Å². The van der Waals surface area contributed by atoms with E-state index in [0.717, 1.165) is 11.3 Å². The van der Waals surface area contributed by atoms with E-state index < -0.39 is 10.0 Å². The summed E-state index contributed by atoms with van der Waals surface area (Å²) < 4.78 is 32.4. The van der Waals surface area contributed by atoms with Crippen molar-refractivity contribution in [2.75, 3.05) is 25.5 Å². The third-order valence-corrected chi connectivity index (χ3v) is 6.80. The summed E-state index contributed by atoms with van der Waals surface area (Å²) in [5.41, 5.74) is 2.08. The number of nitrogens with zero attached hydrogens (tertiary/aromatic N) is 1. The molecule has 0 radical (unpaired) electrons. The van der Waals surface area contributed by atoms with E-state index in [1.807, 2.05) is 24.3 Å². The lowest BCUT2D eigenvalue weighted by Crippen LogP contribution is -2.31. The van der Waals surface area contributed by atoms with E-state index in [9.17, 15) is 13.2 Å². The molecule has 2 rings (SSSR count). The molecule has 0 heterocycles. The molecule has 2 aromatic rings. The van der Waals surface area contributed by atoms with Crippen LogP contribution >= 0.6 is 0 Å². The zero-order valence-electron chi connectivity index (χ0n) is 16.9. The van der Waals surface area contributed by atoms with Gasteiger partial charge in [0.2, 0.25) is 15.9 Å². The molecule has 0 spiro atoms. The summed E-state index contributed by atoms with van der Waals surface area (Å²) in [6, 6.07) is 12.5. The van der Waals surface area contributed by atoms with Crippen molar-refractivity contribution in [2.24, 2.45) is 0 Å². The number of para-hydroxylation sites is 1. The Labute approximate surface area is 167 Å². The van der Waals surface area contributed by atoms with Crippen LogP contribution in [0.2, 0.25) is 0 Å². The van der Waals surface area contributed by atoms with Crippen molar-refractivity contribution >= 4 is 21.6 Å². The van der Waals surface area contributed by atoms with Gasteiger partial charge in [0.15, 0.2) is 0 Å². The number of carbonyl (C=O) groups excluding carboxylic acids is 1. The zero-order valence-corrected chi connectivity index (χ0v) is 17.7. The van der Waals surface area contributed by atoms with Crippen LogP contribution < -0.4 is 10.1 Å². The molecular formula is C21H28N2O4S. The normalized spacial score (nSPS) is 11.5. The van der Waals surface area contributed by atoms with Crippen LogP contribution in [0.4, 0.5) is 5.69 Å². The lowest BCUT2D eigenvalue weighted by atomic mass is 10.1. The standard InChI is InChI=1S/C21H28N2O4S/c1-5-23(6-2)28(25,26)20-15-18(13-11-16(20)3)22-21(24)14-12-17-9-7-8-10-19(17)27-4/h7-11,13,15H,5-6,12,14H2,1-4H3,(H,22,24). The number of ether oxygens (including phenoxy) is 1. The number of carbonyl (C=O) groups is 1. The number of hydrogen-bond donors (Lipinski definition) is 1. The molecule has 0 aliphatic carbocycles. The van der Waals surface area contributed by atoms with E-state index in [1.165, 1.54) is 10.4 Å². The SMILES string of the molecule is CCN(CC)S(=O)(=O)c1cc(NC(=O)CCc2ccccc2OC)ccc1C. The van der Waals surface area contributed by atoms with Crippen molar-refractivity contribution in [3.63, 3.8) is 0 Å². The molecule has 1 amide bonds. The molecule has 28 heavy (non-hydrogen) atoms. The maximum atomic E-state index is 12.8. The van der Waals surface area contributed by atoms with Crippen molar-refractivity contribution in [3.05, 3.63) is 53.6 Å². The first kappa shape index (κ1) is 21.9. The van der Waals surface area contributed by atoms with Gasteiger partial charge in [-0.15, -0.1) is 0 Å². The molecule has 152 valence electrons. The minimum Gasteiger partial charge on any atom is -0.496 e. The van der Waals surface area contributed by atoms with Crippen LogP contribution in [0.15, 0.2) is 47.4 Å². The molecule has 0 fully saturated rings. The Kier molecular flexibility index (Phi) is 7.60. The van der Waals surface area contributed by atoms with E-state index in [4.69, 9.17) is 4.74 Å². The Morgan fingerprint density at radius 2 is 1.79 bits per heavy atom. The Morgan fingerprint density at radius 3 is 2.43 bits per heavy atom. The molecular weight excluding hydrogens is 376 g/mol. The molecule has 0 saturated heterocycles. The van der Waals surface area contributed by atoms with E-state index in [-0.39, 0.29) is 17.2 Å². The van der Waals surface area contributed by atoms with E-state index in [2.05, 4.69) is 5.32 Å². The summed E-state index contributed by atoms with van der Waals surface area (Å²) >= 11 is 0. The lowest BCUT2D eigenvalue weighted by Gasteiger charge is -2.20. The van der Waals surface area contributed by atoms with Gasteiger partial charge in [0.1, 0.15) is 5.75 Å². The van der Waals surface area contributed by atoms with Crippen LogP contribution in [0, 0.1) is 6.92 Å². The third kappa shape index (κ3) is 5.11. The van der Waals surface area contributed by atoms with Gasteiger partial charge >= 0.3 is 0 Å². The molecule has 7 heteroatoms. The molecule has 1 N–H and O–H groups in total. The number of benzene rings is 2. The number of nitrogens with one attached hydrogen (secondary N) is 1. The fraction of sp³-hybridized carbons (Fsp3) is 0.381. The highest BCUT2D eigenvalue weighted by atomic mass is 32.2. The minimum atomic E-state index is -3.59. The highest BCUT2D eigenvalue weighted by Crippen LogP contribution is 2.24. The first-order valence-electron chi connectivity index (χ1n) is 9.36. The maximum Gasteiger partial charge on any atom is 0.243 e. The minimum absolute atomic E-state index is 0.180. The predicted molar refractivity (Wildman–Crippen MR) is 111 cm³/mol. The van der Waals surface area contributed by atoms with Gasteiger partial charge in [-0.25, -0.2) is 8.42 Å². The average Bonchev–Trinajstić information content (AvgIpc) is 2.68. The van der Waals surface area contributed by atoms with Crippen LogP contribution in [0.3, 0.4) is 0 Å². The first-order valence-corrected chi connectivity index (χ1v) is 10.8. The summed E-state index contributed by atoms with van der Waals surface area (Å²) in [6.45, 7) is 6.16. The molecule has 0 atom stereocenters. The van der Waals surface area contributed by atoms with Crippen molar-refractivity contribution < 1.29 is 17.9 Å². The zero-order chi connectivity index (χ0) is 20.7. The maximum absolute atomic E-state index is 12.8. The van der Waals surface area contributed by atoms with E-state index in [0.29, 0.717) is 30.8 Å². The predicted octanol–water partition coefficient (Wildman–Crippen LogP) is 3.61. The molecule has 6 nitrogen and oxygen atoms in total. The van der Waals surface area contributed by atoms with Gasteiger partial charge in [-0.05, 0) is 42.7 Å². The largest absolute Gasteiger partial charge is 0.496 e. The third-order valence-electron chi connectivity index (χ3n) is 4.61. The molecule has 0 bridgehead atoms. The topological polar surface area (TPSA) is 75.7 Å². The van der Waals surface area contributed by atoms with Gasteiger partial charge in [-0.1, -0.05) is 38.1 Å². The number of aryl methyl sites for hydroxylation is 2.